The average molecular weight is 307 g/mol. The number of rotatable bonds is 3. The lowest BCUT2D eigenvalue weighted by Crippen LogP contribution is -2.54. The lowest BCUT2D eigenvalue weighted by atomic mass is 9.86. The Labute approximate surface area is 133 Å². The molecule has 124 valence electrons. The van der Waals surface area contributed by atoms with Crippen LogP contribution in [0.4, 0.5) is 0 Å². The van der Waals surface area contributed by atoms with Gasteiger partial charge in [0.15, 0.2) is 0 Å². The Balaban J connectivity index is 1.42. The monoisotopic (exact) mass is 307 g/mol. The third-order valence-corrected chi connectivity index (χ3v) is 5.49. The Morgan fingerprint density at radius 1 is 0.864 bits per heavy atom. The molecule has 1 aliphatic carbocycles. The van der Waals surface area contributed by atoms with Gasteiger partial charge in [0.1, 0.15) is 0 Å². The van der Waals surface area contributed by atoms with Gasteiger partial charge in [0.25, 0.3) is 0 Å². The Morgan fingerprint density at radius 2 is 1.55 bits per heavy atom. The van der Waals surface area contributed by atoms with Crippen molar-refractivity contribution >= 4 is 11.8 Å². The van der Waals surface area contributed by atoms with E-state index in [1.807, 2.05) is 9.80 Å². The molecule has 0 aromatic heterocycles. The van der Waals surface area contributed by atoms with Gasteiger partial charge in [-0.1, -0.05) is 19.3 Å². The third-order valence-electron chi connectivity index (χ3n) is 5.49. The van der Waals surface area contributed by atoms with E-state index in [1.165, 1.54) is 32.1 Å². The number of carbonyl (C=O) groups is 2. The second-order valence-corrected chi connectivity index (χ2v) is 7.06. The smallest absolute Gasteiger partial charge is 0.239 e. The highest BCUT2D eigenvalue weighted by Crippen LogP contribution is 2.27. The lowest BCUT2D eigenvalue weighted by molar-refractivity contribution is -0.141. The first-order valence-corrected chi connectivity index (χ1v) is 9.04. The summed E-state index contributed by atoms with van der Waals surface area (Å²) < 4.78 is 0. The summed E-state index contributed by atoms with van der Waals surface area (Å²) in [6.07, 6.45) is 9.12. The summed E-state index contributed by atoms with van der Waals surface area (Å²) in [5.74, 6) is 1.14. The first kappa shape index (κ1) is 15.8. The van der Waals surface area contributed by atoms with Gasteiger partial charge in [-0.3, -0.25) is 9.59 Å². The summed E-state index contributed by atoms with van der Waals surface area (Å²) in [5.41, 5.74) is 0. The van der Waals surface area contributed by atoms with Crippen LogP contribution in [0.3, 0.4) is 0 Å². The Bertz CT molecular complexity index is 393. The fourth-order valence-corrected chi connectivity index (χ4v) is 4.06. The zero-order chi connectivity index (χ0) is 15.4. The van der Waals surface area contributed by atoms with Crippen molar-refractivity contribution in [1.29, 1.82) is 0 Å². The topological polar surface area (TPSA) is 52.7 Å². The van der Waals surface area contributed by atoms with Crippen LogP contribution in [0.5, 0.6) is 0 Å². The molecule has 1 N–H and O–H groups in total. The van der Waals surface area contributed by atoms with E-state index in [9.17, 15) is 9.59 Å². The molecule has 0 spiro atoms. The predicted molar refractivity (Wildman–Crippen MR) is 85.4 cm³/mol. The van der Waals surface area contributed by atoms with E-state index in [0.29, 0.717) is 38.0 Å². The van der Waals surface area contributed by atoms with Crippen molar-refractivity contribution in [2.45, 2.75) is 57.4 Å². The molecule has 3 fully saturated rings. The van der Waals surface area contributed by atoms with Gasteiger partial charge in [-0.25, -0.2) is 0 Å². The number of carbonyl (C=O) groups excluding carboxylic acids is 2. The molecular weight excluding hydrogens is 278 g/mol. The summed E-state index contributed by atoms with van der Waals surface area (Å²) in [6, 6.07) is 0.0180. The van der Waals surface area contributed by atoms with E-state index in [0.717, 1.165) is 25.8 Å². The fourth-order valence-electron chi connectivity index (χ4n) is 4.06. The zero-order valence-corrected chi connectivity index (χ0v) is 13.6. The lowest BCUT2D eigenvalue weighted by Gasteiger charge is -2.36. The molecule has 22 heavy (non-hydrogen) atoms. The van der Waals surface area contributed by atoms with Gasteiger partial charge >= 0.3 is 0 Å². The predicted octanol–water partition coefficient (Wildman–Crippen LogP) is 1.38. The first-order valence-electron chi connectivity index (χ1n) is 9.04. The van der Waals surface area contributed by atoms with Crippen molar-refractivity contribution in [3.05, 3.63) is 0 Å². The highest BCUT2D eigenvalue weighted by molar-refractivity contribution is 5.83. The van der Waals surface area contributed by atoms with Crippen LogP contribution >= 0.6 is 0 Å². The van der Waals surface area contributed by atoms with E-state index in [2.05, 4.69) is 5.32 Å². The Morgan fingerprint density at radius 3 is 2.18 bits per heavy atom. The number of nitrogens with zero attached hydrogens (tertiary/aromatic N) is 2. The van der Waals surface area contributed by atoms with E-state index in [-0.39, 0.29) is 11.9 Å². The van der Waals surface area contributed by atoms with E-state index in [1.54, 1.807) is 0 Å². The summed E-state index contributed by atoms with van der Waals surface area (Å²) in [4.78, 5) is 28.7. The molecule has 0 radical (unpaired) electrons. The maximum Gasteiger partial charge on any atom is 0.239 e. The summed E-state index contributed by atoms with van der Waals surface area (Å²) in [7, 11) is 0. The van der Waals surface area contributed by atoms with Crippen LogP contribution in [0, 0.1) is 5.92 Å². The highest BCUT2D eigenvalue weighted by atomic mass is 16.2. The maximum atomic E-state index is 12.4. The summed E-state index contributed by atoms with van der Waals surface area (Å²) >= 11 is 0. The van der Waals surface area contributed by atoms with Gasteiger partial charge in [-0.05, 0) is 38.1 Å². The molecule has 0 aromatic carbocycles. The third kappa shape index (κ3) is 3.80. The van der Waals surface area contributed by atoms with Crippen LogP contribution in [0.2, 0.25) is 0 Å². The maximum absolute atomic E-state index is 12.4. The largest absolute Gasteiger partial charge is 0.339 e. The standard InChI is InChI=1S/C17H29N3O2/c21-16(13-14-5-2-1-3-6-14)19-9-11-20(12-10-19)17(22)15-7-4-8-18-15/h14-15,18H,1-13H2. The van der Waals surface area contributed by atoms with E-state index >= 15 is 0 Å². The molecule has 3 rings (SSSR count). The molecule has 1 atom stereocenters. The minimum Gasteiger partial charge on any atom is -0.339 e. The van der Waals surface area contributed by atoms with Crippen LogP contribution in [0.1, 0.15) is 51.4 Å². The van der Waals surface area contributed by atoms with Crippen molar-refractivity contribution in [3.63, 3.8) is 0 Å². The molecule has 2 saturated heterocycles. The molecule has 2 amide bonds. The van der Waals surface area contributed by atoms with Crippen molar-refractivity contribution in [2.24, 2.45) is 5.92 Å². The zero-order valence-electron chi connectivity index (χ0n) is 13.6. The number of hydrogen-bond acceptors (Lipinski definition) is 3. The summed E-state index contributed by atoms with van der Waals surface area (Å²) in [5, 5.41) is 3.27. The van der Waals surface area contributed by atoms with E-state index in [4.69, 9.17) is 0 Å². The van der Waals surface area contributed by atoms with E-state index < -0.39 is 0 Å². The Hall–Kier alpha value is -1.10. The van der Waals surface area contributed by atoms with Crippen molar-refractivity contribution in [1.82, 2.24) is 15.1 Å². The normalized spacial score (nSPS) is 27.2. The SMILES string of the molecule is O=C(CC1CCCCC1)N1CCN(C(=O)C2CCCN2)CC1. The van der Waals surface area contributed by atoms with Crippen LogP contribution in [0.15, 0.2) is 0 Å². The average Bonchev–Trinajstić information content (AvgIpc) is 3.10. The second kappa shape index (κ2) is 7.44. The van der Waals surface area contributed by atoms with Crippen LogP contribution in [-0.2, 0) is 9.59 Å². The van der Waals surface area contributed by atoms with Gasteiger partial charge in [-0.15, -0.1) is 0 Å². The number of hydrogen-bond donors (Lipinski definition) is 1. The molecule has 2 aliphatic heterocycles. The molecule has 0 bridgehead atoms. The van der Waals surface area contributed by atoms with Gasteiger partial charge in [0.05, 0.1) is 6.04 Å². The number of piperazine rings is 1. The molecule has 3 aliphatic rings. The Kier molecular flexibility index (Phi) is 5.34. The molecule has 2 heterocycles. The van der Waals surface area contributed by atoms with Gasteiger partial charge in [-0.2, -0.15) is 0 Å². The van der Waals surface area contributed by atoms with Crippen LogP contribution in [0.25, 0.3) is 0 Å². The molecule has 5 heteroatoms. The first-order chi connectivity index (χ1) is 10.7. The minimum absolute atomic E-state index is 0.0180. The molecular formula is C17H29N3O2. The van der Waals surface area contributed by atoms with Crippen molar-refractivity contribution < 1.29 is 9.59 Å². The quantitative estimate of drug-likeness (QED) is 0.857. The van der Waals surface area contributed by atoms with Gasteiger partial charge in [0, 0.05) is 32.6 Å². The molecule has 1 unspecified atom stereocenters. The van der Waals surface area contributed by atoms with Crippen molar-refractivity contribution in [2.75, 3.05) is 32.7 Å². The highest BCUT2D eigenvalue weighted by Gasteiger charge is 2.30. The van der Waals surface area contributed by atoms with Gasteiger partial charge in [0.2, 0.25) is 11.8 Å². The summed E-state index contributed by atoms with van der Waals surface area (Å²) in [6.45, 7) is 3.78. The molecule has 1 saturated carbocycles. The van der Waals surface area contributed by atoms with Crippen molar-refractivity contribution in [3.8, 4) is 0 Å². The minimum atomic E-state index is 0.0180. The number of amides is 2. The van der Waals surface area contributed by atoms with Crippen LogP contribution < -0.4 is 5.32 Å². The number of nitrogens with one attached hydrogen (secondary N) is 1. The fraction of sp³-hybridized carbons (Fsp3) is 0.882. The molecule has 5 nitrogen and oxygen atoms in total. The van der Waals surface area contributed by atoms with Gasteiger partial charge < -0.3 is 15.1 Å². The molecule has 0 aromatic rings. The van der Waals surface area contributed by atoms with Crippen LogP contribution in [-0.4, -0.2) is 60.4 Å². The second-order valence-electron chi connectivity index (χ2n) is 7.06.